The van der Waals surface area contributed by atoms with E-state index < -0.39 is 0 Å². The molecule has 1 amide bonds. The second-order valence-corrected chi connectivity index (χ2v) is 6.64. The summed E-state index contributed by atoms with van der Waals surface area (Å²) in [5.74, 6) is 2.81. The summed E-state index contributed by atoms with van der Waals surface area (Å²) in [6, 6.07) is 0.313. The van der Waals surface area contributed by atoms with Crippen molar-refractivity contribution < 1.29 is 4.79 Å². The van der Waals surface area contributed by atoms with Gasteiger partial charge in [-0.2, -0.15) is 0 Å². The fourth-order valence-electron chi connectivity index (χ4n) is 3.51. The van der Waals surface area contributed by atoms with Gasteiger partial charge in [-0.25, -0.2) is 0 Å². The van der Waals surface area contributed by atoms with Crippen LogP contribution < -0.4 is 5.32 Å². The van der Waals surface area contributed by atoms with Crippen LogP contribution in [-0.2, 0) is 24.3 Å². The van der Waals surface area contributed by atoms with Gasteiger partial charge in [0.2, 0.25) is 5.91 Å². The summed E-state index contributed by atoms with van der Waals surface area (Å²) in [6.45, 7) is 3.97. The molecule has 21 heavy (non-hydrogen) atoms. The number of fused-ring (bicyclic) bond motifs is 1. The third-order valence-electron chi connectivity index (χ3n) is 4.85. The molecule has 0 aromatic carbocycles. The molecule has 114 valence electrons. The molecule has 4 rings (SSSR count). The Balaban J connectivity index is 1.35. The highest BCUT2D eigenvalue weighted by Gasteiger charge is 2.32. The third-order valence-corrected chi connectivity index (χ3v) is 4.85. The number of carbonyl (C=O) groups excluding carboxylic acids is 1. The lowest BCUT2D eigenvalue weighted by Gasteiger charge is -2.32. The number of piperidine rings is 1. The van der Waals surface area contributed by atoms with Gasteiger partial charge in [0, 0.05) is 31.5 Å². The van der Waals surface area contributed by atoms with Crippen molar-refractivity contribution in [1.29, 1.82) is 0 Å². The van der Waals surface area contributed by atoms with Crippen LogP contribution in [0.3, 0.4) is 0 Å². The largest absolute Gasteiger partial charge is 0.352 e. The van der Waals surface area contributed by atoms with E-state index in [0.717, 1.165) is 69.9 Å². The van der Waals surface area contributed by atoms with Crippen LogP contribution in [-0.4, -0.2) is 44.7 Å². The Morgan fingerprint density at radius 2 is 2.10 bits per heavy atom. The first-order chi connectivity index (χ1) is 10.3. The Labute approximate surface area is 124 Å². The molecule has 0 spiro atoms. The average molecular weight is 289 g/mol. The van der Waals surface area contributed by atoms with Crippen molar-refractivity contribution in [3.63, 3.8) is 0 Å². The van der Waals surface area contributed by atoms with Gasteiger partial charge < -0.3 is 9.88 Å². The van der Waals surface area contributed by atoms with Gasteiger partial charge >= 0.3 is 0 Å². The van der Waals surface area contributed by atoms with Crippen molar-refractivity contribution >= 4 is 5.91 Å². The van der Waals surface area contributed by atoms with Gasteiger partial charge in [-0.3, -0.25) is 9.69 Å². The average Bonchev–Trinajstić information content (AvgIpc) is 3.12. The van der Waals surface area contributed by atoms with Crippen LogP contribution in [0.5, 0.6) is 0 Å². The third kappa shape index (κ3) is 2.81. The molecular formula is C15H23N5O. The van der Waals surface area contributed by atoms with E-state index in [2.05, 4.69) is 25.0 Å². The quantitative estimate of drug-likeness (QED) is 0.887. The van der Waals surface area contributed by atoms with Crippen molar-refractivity contribution in [2.24, 2.45) is 5.92 Å². The van der Waals surface area contributed by atoms with Gasteiger partial charge in [-0.05, 0) is 38.6 Å². The fraction of sp³-hybridized carbons (Fsp3) is 0.800. The minimum absolute atomic E-state index is 0.269. The van der Waals surface area contributed by atoms with Crippen LogP contribution in [0.2, 0.25) is 0 Å². The number of likely N-dealkylation sites (tertiary alicyclic amines) is 1. The number of aromatic nitrogens is 3. The SMILES string of the molecule is O=C(NC1CCCN(Cc2nnc3n2CCC3)C1)C1CC1. The lowest BCUT2D eigenvalue weighted by Crippen LogP contribution is -2.48. The summed E-state index contributed by atoms with van der Waals surface area (Å²) in [7, 11) is 0. The van der Waals surface area contributed by atoms with Gasteiger partial charge in [-0.1, -0.05) is 0 Å². The molecule has 1 unspecified atom stereocenters. The molecule has 1 saturated carbocycles. The Hall–Kier alpha value is -1.43. The number of hydrogen-bond acceptors (Lipinski definition) is 4. The Morgan fingerprint density at radius 3 is 2.95 bits per heavy atom. The van der Waals surface area contributed by atoms with E-state index in [1.807, 2.05) is 0 Å². The first-order valence-corrected chi connectivity index (χ1v) is 8.23. The van der Waals surface area contributed by atoms with E-state index in [4.69, 9.17) is 0 Å². The molecular weight excluding hydrogens is 266 g/mol. The van der Waals surface area contributed by atoms with Gasteiger partial charge in [0.05, 0.1) is 6.54 Å². The summed E-state index contributed by atoms with van der Waals surface area (Å²) in [5.41, 5.74) is 0. The first kappa shape index (κ1) is 13.2. The highest BCUT2D eigenvalue weighted by molar-refractivity contribution is 5.81. The summed E-state index contributed by atoms with van der Waals surface area (Å²) >= 11 is 0. The molecule has 0 radical (unpaired) electrons. The van der Waals surface area contributed by atoms with E-state index >= 15 is 0 Å². The maximum absolute atomic E-state index is 11.9. The van der Waals surface area contributed by atoms with Gasteiger partial charge in [0.1, 0.15) is 11.6 Å². The normalized spacial score (nSPS) is 25.8. The molecule has 2 aliphatic heterocycles. The molecule has 1 aromatic rings. The highest BCUT2D eigenvalue weighted by atomic mass is 16.2. The van der Waals surface area contributed by atoms with Crippen LogP contribution >= 0.6 is 0 Å². The number of aryl methyl sites for hydroxylation is 1. The zero-order valence-corrected chi connectivity index (χ0v) is 12.4. The Bertz CT molecular complexity index is 536. The van der Waals surface area contributed by atoms with Crippen LogP contribution in [0.4, 0.5) is 0 Å². The number of nitrogens with zero attached hydrogens (tertiary/aromatic N) is 4. The highest BCUT2D eigenvalue weighted by Crippen LogP contribution is 2.29. The maximum atomic E-state index is 11.9. The van der Waals surface area contributed by atoms with Crippen molar-refractivity contribution in [1.82, 2.24) is 25.0 Å². The number of carbonyl (C=O) groups is 1. The van der Waals surface area contributed by atoms with E-state index in [1.54, 1.807) is 0 Å². The molecule has 1 saturated heterocycles. The van der Waals surface area contributed by atoms with Crippen LogP contribution in [0.1, 0.15) is 43.8 Å². The molecule has 1 aromatic heterocycles. The predicted octanol–water partition coefficient (Wildman–Crippen LogP) is 0.715. The lowest BCUT2D eigenvalue weighted by molar-refractivity contribution is -0.123. The first-order valence-electron chi connectivity index (χ1n) is 8.23. The second kappa shape index (κ2) is 5.40. The molecule has 0 bridgehead atoms. The Kier molecular flexibility index (Phi) is 3.41. The number of rotatable bonds is 4. The van der Waals surface area contributed by atoms with Gasteiger partial charge in [-0.15, -0.1) is 10.2 Å². The van der Waals surface area contributed by atoms with Crippen molar-refractivity contribution in [2.45, 2.75) is 57.7 Å². The molecule has 6 nitrogen and oxygen atoms in total. The van der Waals surface area contributed by atoms with E-state index in [-0.39, 0.29) is 5.91 Å². The summed E-state index contributed by atoms with van der Waals surface area (Å²) < 4.78 is 2.27. The topological polar surface area (TPSA) is 63.1 Å². The zero-order valence-electron chi connectivity index (χ0n) is 12.4. The minimum atomic E-state index is 0.269. The zero-order chi connectivity index (χ0) is 14.2. The molecule has 3 aliphatic rings. The van der Waals surface area contributed by atoms with E-state index in [0.29, 0.717) is 12.0 Å². The van der Waals surface area contributed by atoms with Crippen LogP contribution in [0.25, 0.3) is 0 Å². The number of amides is 1. The molecule has 1 aliphatic carbocycles. The molecule has 2 fully saturated rings. The summed E-state index contributed by atoms with van der Waals surface area (Å²) in [6.07, 6.45) is 6.66. The van der Waals surface area contributed by atoms with Crippen molar-refractivity contribution in [3.8, 4) is 0 Å². The van der Waals surface area contributed by atoms with Gasteiger partial charge in [0.15, 0.2) is 0 Å². The van der Waals surface area contributed by atoms with E-state index in [9.17, 15) is 4.79 Å². The number of nitrogens with one attached hydrogen (secondary N) is 1. The fourth-order valence-corrected chi connectivity index (χ4v) is 3.51. The number of hydrogen-bond donors (Lipinski definition) is 1. The van der Waals surface area contributed by atoms with Crippen LogP contribution in [0.15, 0.2) is 0 Å². The van der Waals surface area contributed by atoms with E-state index in [1.165, 1.54) is 6.42 Å². The second-order valence-electron chi connectivity index (χ2n) is 6.64. The smallest absolute Gasteiger partial charge is 0.223 e. The standard InChI is InChI=1S/C15H23N5O/c21-15(11-5-6-11)16-12-3-1-7-19(9-12)10-14-18-17-13-4-2-8-20(13)14/h11-12H,1-10H2,(H,16,21). The summed E-state index contributed by atoms with van der Waals surface area (Å²) in [5, 5.41) is 11.8. The maximum Gasteiger partial charge on any atom is 0.223 e. The Morgan fingerprint density at radius 1 is 1.19 bits per heavy atom. The van der Waals surface area contributed by atoms with Crippen molar-refractivity contribution in [3.05, 3.63) is 11.6 Å². The summed E-state index contributed by atoms with van der Waals surface area (Å²) in [4.78, 5) is 14.3. The molecule has 1 N–H and O–H groups in total. The predicted molar refractivity (Wildman–Crippen MR) is 77.5 cm³/mol. The molecule has 1 atom stereocenters. The van der Waals surface area contributed by atoms with Gasteiger partial charge in [0.25, 0.3) is 0 Å². The van der Waals surface area contributed by atoms with Crippen LogP contribution in [0, 0.1) is 5.92 Å². The molecule has 6 heteroatoms. The monoisotopic (exact) mass is 289 g/mol. The molecule has 3 heterocycles. The van der Waals surface area contributed by atoms with Crippen molar-refractivity contribution in [2.75, 3.05) is 13.1 Å². The lowest BCUT2D eigenvalue weighted by atomic mass is 10.1. The minimum Gasteiger partial charge on any atom is -0.352 e.